The quantitative estimate of drug-likeness (QED) is 0.0894. The predicted octanol–water partition coefficient (Wildman–Crippen LogP) is 0.748. The largest absolute Gasteiger partial charge is 0.480 e. The van der Waals surface area contributed by atoms with Gasteiger partial charge in [-0.15, -0.1) is 0 Å². The normalized spacial score (nSPS) is 16.5. The van der Waals surface area contributed by atoms with Crippen molar-refractivity contribution in [2.45, 2.75) is 130 Å². The molecule has 0 bridgehead atoms. The van der Waals surface area contributed by atoms with Gasteiger partial charge in [0.25, 0.3) is 0 Å². The maximum absolute atomic E-state index is 14.0. The monoisotopic (exact) mass is 717 g/mol. The highest BCUT2D eigenvalue weighted by atomic mass is 16.4. The number of amides is 6. The van der Waals surface area contributed by atoms with Crippen molar-refractivity contribution in [1.82, 2.24) is 31.9 Å². The van der Waals surface area contributed by atoms with Crippen LogP contribution in [-0.4, -0.2) is 88.8 Å². The zero-order valence-electron chi connectivity index (χ0n) is 31.4. The highest BCUT2D eigenvalue weighted by Gasteiger charge is 2.35. The van der Waals surface area contributed by atoms with Crippen molar-refractivity contribution in [2.24, 2.45) is 23.5 Å². The van der Waals surface area contributed by atoms with E-state index in [2.05, 4.69) is 31.9 Å². The third-order valence-corrected chi connectivity index (χ3v) is 8.74. The molecule has 0 saturated heterocycles. The summed E-state index contributed by atoms with van der Waals surface area (Å²) in [6.45, 7) is 15.2. The van der Waals surface area contributed by atoms with Crippen LogP contribution < -0.4 is 37.6 Å². The molecule has 286 valence electrons. The van der Waals surface area contributed by atoms with Gasteiger partial charge in [0.05, 0.1) is 6.04 Å². The number of carbonyl (C=O) groups is 7. The molecule has 0 aromatic heterocycles. The van der Waals surface area contributed by atoms with Crippen LogP contribution >= 0.6 is 0 Å². The molecule has 0 fully saturated rings. The SMILES string of the molecule is CC[C@H](C)[C@H](NC(=O)[C@H](C)N)C(=O)N[C@@H](Cc1ccccc1)C(=O)N[C@H](C(=O)N[C@@H](CC(C)C)C(=O)N[C@@H](C)C(=O)N[C@@H](C)C(=O)O)[C@@H](C)CC. The lowest BCUT2D eigenvalue weighted by molar-refractivity contribution is -0.141. The first kappa shape index (κ1) is 44.5. The molecule has 1 aromatic carbocycles. The van der Waals surface area contributed by atoms with Crippen molar-refractivity contribution in [3.05, 3.63) is 35.9 Å². The van der Waals surface area contributed by atoms with Crippen molar-refractivity contribution in [3.8, 4) is 0 Å². The Bertz CT molecular complexity index is 1340. The van der Waals surface area contributed by atoms with Gasteiger partial charge in [-0.2, -0.15) is 0 Å². The van der Waals surface area contributed by atoms with Crippen molar-refractivity contribution in [1.29, 1.82) is 0 Å². The lowest BCUT2D eigenvalue weighted by atomic mass is 9.95. The van der Waals surface area contributed by atoms with Crippen molar-refractivity contribution >= 4 is 41.4 Å². The van der Waals surface area contributed by atoms with E-state index in [-0.39, 0.29) is 24.7 Å². The molecule has 0 saturated carbocycles. The van der Waals surface area contributed by atoms with Crippen LogP contribution in [-0.2, 0) is 40.0 Å². The van der Waals surface area contributed by atoms with Gasteiger partial charge in [0.2, 0.25) is 35.4 Å². The number of benzene rings is 1. The molecule has 15 heteroatoms. The van der Waals surface area contributed by atoms with Crippen LogP contribution in [0.4, 0.5) is 0 Å². The van der Waals surface area contributed by atoms with Gasteiger partial charge in [-0.05, 0) is 50.5 Å². The lowest BCUT2D eigenvalue weighted by Crippen LogP contribution is -2.61. The van der Waals surface area contributed by atoms with Crippen LogP contribution in [0.2, 0.25) is 0 Å². The third-order valence-electron chi connectivity index (χ3n) is 8.74. The first-order valence-electron chi connectivity index (χ1n) is 17.7. The number of rotatable bonds is 21. The fourth-order valence-corrected chi connectivity index (χ4v) is 5.01. The fourth-order valence-electron chi connectivity index (χ4n) is 5.01. The van der Waals surface area contributed by atoms with E-state index >= 15 is 0 Å². The summed E-state index contributed by atoms with van der Waals surface area (Å²) in [7, 11) is 0. The number of carboxylic acid groups (broad SMARTS) is 1. The van der Waals surface area contributed by atoms with Crippen LogP contribution in [0.25, 0.3) is 0 Å². The van der Waals surface area contributed by atoms with Crippen molar-refractivity contribution in [3.63, 3.8) is 0 Å². The number of carbonyl (C=O) groups excluding carboxylic acids is 6. The van der Waals surface area contributed by atoms with Crippen molar-refractivity contribution in [2.75, 3.05) is 0 Å². The molecular formula is C36H59N7O8. The molecule has 6 amide bonds. The smallest absolute Gasteiger partial charge is 0.325 e. The minimum atomic E-state index is -1.24. The van der Waals surface area contributed by atoms with E-state index in [9.17, 15) is 33.6 Å². The second kappa shape index (κ2) is 21.6. The van der Waals surface area contributed by atoms with Gasteiger partial charge < -0.3 is 42.7 Å². The Morgan fingerprint density at radius 1 is 0.588 bits per heavy atom. The standard InChI is InChI=1S/C36H59N7O8/c1-10-20(5)28(42-30(44)22(7)37)34(48)41-27(18-25-15-13-12-14-16-25)33(47)43-29(21(6)11-2)35(49)40-26(17-19(3)4)32(46)38-23(8)31(45)39-24(9)36(50)51/h12-16,19-24,26-29H,10-11,17-18,37H2,1-9H3,(H,38,46)(H,39,45)(H,40,49)(H,41,48)(H,42,44)(H,43,47)(H,50,51)/t20-,21-,22-,23-,24-,26-,27-,28-,29-/m0/s1. The maximum Gasteiger partial charge on any atom is 0.325 e. The van der Waals surface area contributed by atoms with E-state index in [0.29, 0.717) is 12.8 Å². The first-order valence-corrected chi connectivity index (χ1v) is 17.7. The van der Waals surface area contributed by atoms with Gasteiger partial charge in [0.1, 0.15) is 36.3 Å². The topological polar surface area (TPSA) is 238 Å². The summed E-state index contributed by atoms with van der Waals surface area (Å²) in [6, 6.07) is 1.57. The zero-order chi connectivity index (χ0) is 39.0. The van der Waals surface area contributed by atoms with Crippen LogP contribution in [0.15, 0.2) is 30.3 Å². The van der Waals surface area contributed by atoms with Gasteiger partial charge in [-0.3, -0.25) is 33.6 Å². The second-order valence-electron chi connectivity index (χ2n) is 13.8. The Kier molecular flexibility index (Phi) is 18.9. The molecule has 0 aliphatic carbocycles. The van der Waals surface area contributed by atoms with E-state index in [1.165, 1.54) is 20.8 Å². The summed E-state index contributed by atoms with van der Waals surface area (Å²) >= 11 is 0. The van der Waals surface area contributed by atoms with Gasteiger partial charge in [-0.1, -0.05) is 84.7 Å². The first-order chi connectivity index (χ1) is 23.8. The van der Waals surface area contributed by atoms with Crippen LogP contribution in [0.5, 0.6) is 0 Å². The van der Waals surface area contributed by atoms with Crippen LogP contribution in [0, 0.1) is 17.8 Å². The average Bonchev–Trinajstić information content (AvgIpc) is 3.07. The Morgan fingerprint density at radius 3 is 1.49 bits per heavy atom. The van der Waals surface area contributed by atoms with E-state index in [1.54, 1.807) is 38.1 Å². The van der Waals surface area contributed by atoms with E-state index < -0.39 is 89.6 Å². The number of carboxylic acids is 1. The van der Waals surface area contributed by atoms with E-state index in [0.717, 1.165) is 5.56 Å². The van der Waals surface area contributed by atoms with Crippen LogP contribution in [0.3, 0.4) is 0 Å². The summed E-state index contributed by atoms with van der Waals surface area (Å²) in [5, 5.41) is 24.9. The van der Waals surface area contributed by atoms with Crippen molar-refractivity contribution < 1.29 is 38.7 Å². The number of nitrogens with two attached hydrogens (primary N) is 1. The van der Waals surface area contributed by atoms with Gasteiger partial charge in [0, 0.05) is 6.42 Å². The molecule has 0 spiro atoms. The van der Waals surface area contributed by atoms with Crippen LogP contribution in [0.1, 0.15) is 87.1 Å². The second-order valence-corrected chi connectivity index (χ2v) is 13.8. The summed E-state index contributed by atoms with van der Waals surface area (Å²) in [5.41, 5.74) is 6.48. The van der Waals surface area contributed by atoms with Gasteiger partial charge in [-0.25, -0.2) is 0 Å². The van der Waals surface area contributed by atoms with E-state index in [1.807, 2.05) is 33.8 Å². The maximum atomic E-state index is 14.0. The predicted molar refractivity (Wildman–Crippen MR) is 193 cm³/mol. The lowest BCUT2D eigenvalue weighted by Gasteiger charge is -2.30. The summed E-state index contributed by atoms with van der Waals surface area (Å²) in [6.07, 6.45) is 1.32. The Labute approximate surface area is 301 Å². The number of hydrogen-bond acceptors (Lipinski definition) is 8. The minimum Gasteiger partial charge on any atom is -0.480 e. The molecular weight excluding hydrogens is 658 g/mol. The molecule has 0 radical (unpaired) electrons. The summed E-state index contributed by atoms with van der Waals surface area (Å²) in [5.74, 6) is -5.72. The third kappa shape index (κ3) is 15.1. The Balaban J connectivity index is 3.33. The fraction of sp³-hybridized carbons (Fsp3) is 0.639. The number of hydrogen-bond donors (Lipinski definition) is 8. The molecule has 9 atom stereocenters. The zero-order valence-corrected chi connectivity index (χ0v) is 31.4. The average molecular weight is 718 g/mol. The molecule has 0 heterocycles. The summed E-state index contributed by atoms with van der Waals surface area (Å²) in [4.78, 5) is 90.9. The van der Waals surface area contributed by atoms with Gasteiger partial charge >= 0.3 is 5.97 Å². The molecule has 1 aromatic rings. The van der Waals surface area contributed by atoms with E-state index in [4.69, 9.17) is 10.8 Å². The molecule has 15 nitrogen and oxygen atoms in total. The minimum absolute atomic E-state index is 0.0551. The Morgan fingerprint density at radius 2 is 1.04 bits per heavy atom. The van der Waals surface area contributed by atoms with Gasteiger partial charge in [0.15, 0.2) is 0 Å². The molecule has 1 rings (SSSR count). The number of aliphatic carboxylic acids is 1. The highest BCUT2D eigenvalue weighted by molar-refractivity contribution is 5.97. The summed E-state index contributed by atoms with van der Waals surface area (Å²) < 4.78 is 0. The number of nitrogens with one attached hydrogen (secondary N) is 6. The molecule has 0 unspecified atom stereocenters. The highest BCUT2D eigenvalue weighted by Crippen LogP contribution is 2.14. The Hall–Kier alpha value is -4.53. The molecule has 9 N–H and O–H groups in total. The molecule has 0 aliphatic rings. The molecule has 51 heavy (non-hydrogen) atoms. The molecule has 0 aliphatic heterocycles.